The molecule has 4 heteroatoms. The maximum atomic E-state index is 13.1. The molecule has 0 aliphatic carbocycles. The van der Waals surface area contributed by atoms with Gasteiger partial charge in [-0.25, -0.2) is 4.39 Å². The van der Waals surface area contributed by atoms with Crippen molar-refractivity contribution < 1.29 is 13.9 Å². The van der Waals surface area contributed by atoms with Crippen LogP contribution in [0.4, 0.5) is 15.8 Å². The van der Waals surface area contributed by atoms with Gasteiger partial charge in [0.2, 0.25) is 0 Å². The first kappa shape index (κ1) is 13.6. The van der Waals surface area contributed by atoms with Crippen molar-refractivity contribution in [2.75, 3.05) is 4.90 Å². The number of hydrogen-bond acceptors (Lipinski definition) is 2. The summed E-state index contributed by atoms with van der Waals surface area (Å²) in [7, 11) is 0. The van der Waals surface area contributed by atoms with Crippen LogP contribution < -0.4 is 9.64 Å². The molecule has 2 aromatic rings. The molecule has 1 heterocycles. The van der Waals surface area contributed by atoms with E-state index in [2.05, 4.69) is 0 Å². The smallest absolute Gasteiger partial charge is 0.275 e. The van der Waals surface area contributed by atoms with Gasteiger partial charge in [0.1, 0.15) is 11.6 Å². The van der Waals surface area contributed by atoms with Gasteiger partial charge in [-0.2, -0.15) is 0 Å². The number of rotatable bonds is 1. The predicted octanol–water partition coefficient (Wildman–Crippen LogP) is 3.97. The summed E-state index contributed by atoms with van der Waals surface area (Å²) < 4.78 is 18.9. The molecular formula is C17H16FNO2. The summed E-state index contributed by atoms with van der Waals surface area (Å²) in [6.45, 7) is 5.43. The Labute approximate surface area is 123 Å². The zero-order chi connectivity index (χ0) is 15.2. The number of halogens is 1. The lowest BCUT2D eigenvalue weighted by Gasteiger charge is -2.38. The van der Waals surface area contributed by atoms with Crippen LogP contribution in [-0.2, 0) is 4.79 Å². The van der Waals surface area contributed by atoms with Gasteiger partial charge in [0.05, 0.1) is 5.69 Å². The molecule has 1 amide bonds. The molecule has 0 bridgehead atoms. The third-order valence-electron chi connectivity index (χ3n) is 3.52. The Bertz CT molecular complexity index is 707. The summed E-state index contributed by atoms with van der Waals surface area (Å²) in [5.74, 6) is 0.150. The minimum absolute atomic E-state index is 0.175. The number of aryl methyl sites for hydroxylation is 1. The van der Waals surface area contributed by atoms with Crippen LogP contribution in [0.15, 0.2) is 42.5 Å². The molecule has 0 aromatic heterocycles. The van der Waals surface area contributed by atoms with Crippen molar-refractivity contribution in [3.05, 3.63) is 53.8 Å². The fraction of sp³-hybridized carbons (Fsp3) is 0.235. The molecular weight excluding hydrogens is 269 g/mol. The standard InChI is InChI=1S/C17H16FNO2/c1-11-4-9-14-15(10-11)21-17(2,3)16(20)19(14)13-7-5-12(18)6-8-13/h4-10H,1-3H3. The number of ether oxygens (including phenoxy) is 1. The van der Waals surface area contributed by atoms with E-state index in [-0.39, 0.29) is 11.7 Å². The van der Waals surface area contributed by atoms with Crippen molar-refractivity contribution in [2.24, 2.45) is 0 Å². The Hall–Kier alpha value is -2.36. The van der Waals surface area contributed by atoms with Gasteiger partial charge in [-0.15, -0.1) is 0 Å². The molecule has 2 aromatic carbocycles. The number of nitrogens with zero attached hydrogens (tertiary/aromatic N) is 1. The Balaban J connectivity index is 2.18. The highest BCUT2D eigenvalue weighted by Gasteiger charge is 2.41. The van der Waals surface area contributed by atoms with Gasteiger partial charge in [0.25, 0.3) is 5.91 Å². The fourth-order valence-electron chi connectivity index (χ4n) is 2.43. The van der Waals surface area contributed by atoms with Crippen molar-refractivity contribution in [3.8, 4) is 5.75 Å². The topological polar surface area (TPSA) is 29.5 Å². The van der Waals surface area contributed by atoms with E-state index in [1.807, 2.05) is 25.1 Å². The van der Waals surface area contributed by atoms with E-state index in [0.717, 1.165) is 5.56 Å². The Kier molecular flexibility index (Phi) is 2.97. The zero-order valence-electron chi connectivity index (χ0n) is 12.2. The average molecular weight is 285 g/mol. The number of anilines is 2. The minimum atomic E-state index is -0.963. The molecule has 0 saturated carbocycles. The van der Waals surface area contributed by atoms with Crippen molar-refractivity contribution in [3.63, 3.8) is 0 Å². The second-order valence-corrected chi connectivity index (χ2v) is 5.70. The molecule has 0 atom stereocenters. The summed E-state index contributed by atoms with van der Waals surface area (Å²) in [5, 5.41) is 0. The van der Waals surface area contributed by atoms with Gasteiger partial charge in [0, 0.05) is 5.69 Å². The quantitative estimate of drug-likeness (QED) is 0.793. The molecule has 3 nitrogen and oxygen atoms in total. The molecule has 0 spiro atoms. The minimum Gasteiger partial charge on any atom is -0.476 e. The summed E-state index contributed by atoms with van der Waals surface area (Å²) in [6, 6.07) is 11.6. The van der Waals surface area contributed by atoms with E-state index in [1.54, 1.807) is 30.9 Å². The first-order valence-electron chi connectivity index (χ1n) is 6.78. The van der Waals surface area contributed by atoms with Crippen molar-refractivity contribution in [2.45, 2.75) is 26.4 Å². The second-order valence-electron chi connectivity index (χ2n) is 5.70. The largest absolute Gasteiger partial charge is 0.476 e. The summed E-state index contributed by atoms with van der Waals surface area (Å²) in [6.07, 6.45) is 0. The number of benzene rings is 2. The maximum Gasteiger partial charge on any atom is 0.275 e. The van der Waals surface area contributed by atoms with E-state index >= 15 is 0 Å². The van der Waals surface area contributed by atoms with Gasteiger partial charge in [-0.1, -0.05) is 6.07 Å². The van der Waals surface area contributed by atoms with Gasteiger partial charge in [-0.3, -0.25) is 9.69 Å². The first-order chi connectivity index (χ1) is 9.88. The van der Waals surface area contributed by atoms with Crippen molar-refractivity contribution in [1.29, 1.82) is 0 Å². The van der Waals surface area contributed by atoms with Crippen molar-refractivity contribution in [1.82, 2.24) is 0 Å². The molecule has 0 unspecified atom stereocenters. The number of carbonyl (C=O) groups excluding carboxylic acids is 1. The third-order valence-corrected chi connectivity index (χ3v) is 3.52. The Morgan fingerprint density at radius 1 is 1.10 bits per heavy atom. The van der Waals surface area contributed by atoms with Crippen LogP contribution in [0.5, 0.6) is 5.75 Å². The van der Waals surface area contributed by atoms with Crippen LogP contribution >= 0.6 is 0 Å². The number of fused-ring (bicyclic) bond motifs is 1. The second kappa shape index (κ2) is 4.58. The van der Waals surface area contributed by atoms with Crippen molar-refractivity contribution >= 4 is 17.3 Å². The van der Waals surface area contributed by atoms with E-state index in [4.69, 9.17) is 4.74 Å². The summed E-state index contributed by atoms with van der Waals surface area (Å²) >= 11 is 0. The predicted molar refractivity (Wildman–Crippen MR) is 79.4 cm³/mol. The molecule has 3 rings (SSSR count). The lowest BCUT2D eigenvalue weighted by atomic mass is 10.0. The molecule has 1 aliphatic rings. The van der Waals surface area contributed by atoms with Gasteiger partial charge in [-0.05, 0) is 62.7 Å². The molecule has 0 N–H and O–H groups in total. The molecule has 0 saturated heterocycles. The number of amides is 1. The van der Waals surface area contributed by atoms with Crippen LogP contribution in [0.25, 0.3) is 0 Å². The molecule has 0 fully saturated rings. The lowest BCUT2D eigenvalue weighted by Crippen LogP contribution is -2.50. The van der Waals surface area contributed by atoms with Crippen LogP contribution in [-0.4, -0.2) is 11.5 Å². The molecule has 21 heavy (non-hydrogen) atoms. The van der Waals surface area contributed by atoms with E-state index < -0.39 is 5.60 Å². The highest BCUT2D eigenvalue weighted by atomic mass is 19.1. The molecule has 108 valence electrons. The first-order valence-corrected chi connectivity index (χ1v) is 6.78. The Morgan fingerprint density at radius 2 is 1.76 bits per heavy atom. The number of carbonyl (C=O) groups is 1. The van der Waals surface area contributed by atoms with Gasteiger partial charge >= 0.3 is 0 Å². The third kappa shape index (κ3) is 2.27. The van der Waals surface area contributed by atoms with E-state index in [0.29, 0.717) is 17.1 Å². The lowest BCUT2D eigenvalue weighted by molar-refractivity contribution is -0.131. The van der Waals surface area contributed by atoms with Gasteiger partial charge in [0.15, 0.2) is 5.60 Å². The van der Waals surface area contributed by atoms with E-state index in [1.165, 1.54) is 12.1 Å². The highest BCUT2D eigenvalue weighted by molar-refractivity contribution is 6.07. The summed E-state index contributed by atoms with van der Waals surface area (Å²) in [4.78, 5) is 14.3. The zero-order valence-corrected chi connectivity index (χ0v) is 12.2. The summed E-state index contributed by atoms with van der Waals surface area (Å²) in [5.41, 5.74) is 1.40. The SMILES string of the molecule is Cc1ccc2c(c1)OC(C)(C)C(=O)N2c1ccc(F)cc1. The fourth-order valence-corrected chi connectivity index (χ4v) is 2.43. The molecule has 0 radical (unpaired) electrons. The number of hydrogen-bond donors (Lipinski definition) is 0. The van der Waals surface area contributed by atoms with Crippen LogP contribution in [0.3, 0.4) is 0 Å². The highest BCUT2D eigenvalue weighted by Crippen LogP contribution is 2.42. The monoisotopic (exact) mass is 285 g/mol. The van der Waals surface area contributed by atoms with Crippen LogP contribution in [0.2, 0.25) is 0 Å². The molecule has 1 aliphatic heterocycles. The van der Waals surface area contributed by atoms with Gasteiger partial charge < -0.3 is 4.74 Å². The maximum absolute atomic E-state index is 13.1. The van der Waals surface area contributed by atoms with Crippen LogP contribution in [0.1, 0.15) is 19.4 Å². The Morgan fingerprint density at radius 3 is 2.43 bits per heavy atom. The average Bonchev–Trinajstić information content (AvgIpc) is 2.41. The van der Waals surface area contributed by atoms with E-state index in [9.17, 15) is 9.18 Å². The van der Waals surface area contributed by atoms with Crippen LogP contribution in [0, 0.1) is 12.7 Å². The normalized spacial score (nSPS) is 16.4.